The van der Waals surface area contributed by atoms with E-state index < -0.39 is 29.5 Å². The second-order valence-electron chi connectivity index (χ2n) is 11.0. The topological polar surface area (TPSA) is 179 Å². The fourth-order valence-electron chi connectivity index (χ4n) is 6.01. The first-order valence-electron chi connectivity index (χ1n) is 13.3. The molecule has 43 heavy (non-hydrogen) atoms. The van der Waals surface area contributed by atoms with Gasteiger partial charge in [-0.3, -0.25) is 9.59 Å². The maximum absolute atomic E-state index is 13.4. The average molecular weight is 657 g/mol. The molecule has 10 nitrogen and oxygen atoms in total. The average Bonchev–Trinajstić information content (AvgIpc) is 3.64. The monoisotopic (exact) mass is 656 g/mol. The highest BCUT2D eigenvalue weighted by Crippen LogP contribution is 2.68. The van der Waals surface area contributed by atoms with Gasteiger partial charge in [-0.15, -0.1) is 23.5 Å². The third kappa shape index (κ3) is 5.09. The number of hydrogen-bond donors (Lipinski definition) is 4. The van der Waals surface area contributed by atoms with Crippen LogP contribution in [0.15, 0.2) is 103 Å². The molecule has 2 aromatic rings. The summed E-state index contributed by atoms with van der Waals surface area (Å²) in [7, 11) is -7.69. The van der Waals surface area contributed by atoms with E-state index >= 15 is 0 Å². The number of carbonyl (C=O) groups excluding carboxylic acids is 2. The molecular formula is C29H28N4O6S4. The number of carbonyl (C=O) groups is 2. The Morgan fingerprint density at radius 3 is 1.35 bits per heavy atom. The van der Waals surface area contributed by atoms with E-state index in [1.165, 1.54) is 83.2 Å². The van der Waals surface area contributed by atoms with Crippen LogP contribution in [0, 0.1) is 0 Å². The first-order chi connectivity index (χ1) is 20.1. The van der Waals surface area contributed by atoms with Gasteiger partial charge in [0.05, 0.1) is 29.1 Å². The van der Waals surface area contributed by atoms with Gasteiger partial charge in [0.15, 0.2) is 0 Å². The number of anilines is 2. The van der Waals surface area contributed by atoms with Crippen molar-refractivity contribution < 1.29 is 26.4 Å². The van der Waals surface area contributed by atoms with Crippen molar-refractivity contribution in [3.8, 4) is 0 Å². The van der Waals surface area contributed by atoms with Crippen LogP contribution in [0.1, 0.15) is 33.1 Å². The van der Waals surface area contributed by atoms with E-state index in [0.29, 0.717) is 21.2 Å². The van der Waals surface area contributed by atoms with Gasteiger partial charge in [0.1, 0.15) is 0 Å². The Kier molecular flexibility index (Phi) is 7.10. The quantitative estimate of drug-likeness (QED) is 0.359. The van der Waals surface area contributed by atoms with Crippen molar-refractivity contribution in [2.75, 3.05) is 10.6 Å². The van der Waals surface area contributed by atoms with Crippen molar-refractivity contribution in [1.29, 1.82) is 0 Å². The number of amides is 2. The summed E-state index contributed by atoms with van der Waals surface area (Å²) >= 11 is 2.93. The Hall–Kier alpha value is -3.14. The van der Waals surface area contributed by atoms with E-state index in [1.807, 2.05) is 12.2 Å². The highest BCUT2D eigenvalue weighted by Gasteiger charge is 2.60. The molecule has 2 aliphatic carbocycles. The maximum atomic E-state index is 13.4. The lowest BCUT2D eigenvalue weighted by atomic mass is 9.72. The summed E-state index contributed by atoms with van der Waals surface area (Å²) in [5, 5.41) is 16.1. The van der Waals surface area contributed by atoms with Gasteiger partial charge in [-0.2, -0.15) is 0 Å². The van der Waals surface area contributed by atoms with Crippen LogP contribution in [-0.4, -0.2) is 38.1 Å². The van der Waals surface area contributed by atoms with Crippen LogP contribution >= 0.6 is 23.5 Å². The van der Waals surface area contributed by atoms with E-state index in [9.17, 15) is 26.4 Å². The fraction of sp³-hybridized carbons (Fsp3) is 0.241. The molecule has 2 atom stereocenters. The number of allylic oxidation sites excluding steroid dienone is 4. The molecule has 0 saturated heterocycles. The highest BCUT2D eigenvalue weighted by atomic mass is 32.2. The smallest absolute Gasteiger partial charge is 0.262 e. The van der Waals surface area contributed by atoms with Crippen molar-refractivity contribution >= 4 is 66.8 Å². The van der Waals surface area contributed by atoms with Crippen LogP contribution < -0.4 is 20.9 Å². The summed E-state index contributed by atoms with van der Waals surface area (Å²) in [6.07, 6.45) is 6.66. The molecule has 0 aromatic heterocycles. The van der Waals surface area contributed by atoms with Gasteiger partial charge in [0, 0.05) is 11.4 Å². The van der Waals surface area contributed by atoms with Crippen molar-refractivity contribution in [1.82, 2.24) is 0 Å². The number of primary sulfonamides is 2. The number of hydrogen-bond acceptors (Lipinski definition) is 8. The maximum Gasteiger partial charge on any atom is 0.262 e. The minimum Gasteiger partial charge on any atom is -0.322 e. The zero-order chi connectivity index (χ0) is 30.9. The van der Waals surface area contributed by atoms with Crippen LogP contribution in [0.5, 0.6) is 0 Å². The normalized spacial score (nSPS) is 24.7. The number of nitrogens with two attached hydrogens (primary N) is 2. The molecule has 0 spiro atoms. The van der Waals surface area contributed by atoms with Crippen molar-refractivity contribution in [3.05, 3.63) is 92.8 Å². The predicted octanol–water partition coefficient (Wildman–Crippen LogP) is 4.13. The molecule has 2 aliphatic heterocycles. The molecule has 1 fully saturated rings. The summed E-state index contributed by atoms with van der Waals surface area (Å²) in [4.78, 5) is 27.8. The van der Waals surface area contributed by atoms with E-state index in [4.69, 9.17) is 10.3 Å². The summed E-state index contributed by atoms with van der Waals surface area (Å²) < 4.78 is 45.2. The van der Waals surface area contributed by atoms with Crippen LogP contribution in [0.25, 0.3) is 0 Å². The number of fused-ring (bicyclic) bond motifs is 4. The van der Waals surface area contributed by atoms with Crippen molar-refractivity contribution in [3.63, 3.8) is 0 Å². The van der Waals surface area contributed by atoms with Crippen LogP contribution in [0.3, 0.4) is 0 Å². The summed E-state index contributed by atoms with van der Waals surface area (Å²) in [5.41, 5.74) is 5.51. The lowest BCUT2D eigenvalue weighted by Crippen LogP contribution is -2.47. The van der Waals surface area contributed by atoms with Gasteiger partial charge in [-0.25, -0.2) is 27.1 Å². The van der Waals surface area contributed by atoms with Crippen LogP contribution in [0.4, 0.5) is 11.4 Å². The molecule has 1 saturated carbocycles. The minimum absolute atomic E-state index is 0.0446. The Morgan fingerprint density at radius 1 is 0.674 bits per heavy atom. The number of benzene rings is 2. The molecule has 14 heteroatoms. The van der Waals surface area contributed by atoms with E-state index in [2.05, 4.69) is 24.5 Å². The molecule has 224 valence electrons. The van der Waals surface area contributed by atoms with Crippen LogP contribution in [0.2, 0.25) is 0 Å². The molecule has 2 heterocycles. The first-order valence-corrected chi connectivity index (χ1v) is 18.0. The summed E-state index contributed by atoms with van der Waals surface area (Å²) in [5.74, 6) is -0.614. The Balaban J connectivity index is 1.26. The van der Waals surface area contributed by atoms with Crippen LogP contribution in [-0.2, 0) is 29.6 Å². The van der Waals surface area contributed by atoms with Gasteiger partial charge in [0.2, 0.25) is 20.0 Å². The van der Waals surface area contributed by atoms with Crippen molar-refractivity contribution in [2.24, 2.45) is 10.3 Å². The second-order valence-corrected chi connectivity index (χ2v) is 17.0. The van der Waals surface area contributed by atoms with E-state index in [1.54, 1.807) is 0 Å². The SMILES string of the molecule is CC12SC(C(=O)Nc3ccc(S(N)(=O)=O)cc3)=CC1=C1CCCC1=C1C=C(C(=O)Nc3ccc(S(N)(=O)=O)cc3)SC12C. The summed E-state index contributed by atoms with van der Waals surface area (Å²) in [6.45, 7) is 4.22. The molecule has 2 unspecified atom stereocenters. The molecule has 6 N–H and O–H groups in total. The third-order valence-corrected chi connectivity index (χ3v) is 13.4. The Labute approximate surface area is 258 Å². The molecule has 2 amide bonds. The standard InChI is InChI=1S/C29H28N4O6S4/c1-28-22(14-24(40-28)26(34)32-16-6-10-18(11-7-16)42(30,36)37)20-4-3-5-21(20)23-15-25(41-29(23,28)2)27(35)33-17-8-12-19(13-9-17)43(31,38)39/h6-15H,3-5H2,1-2H3,(H,32,34)(H,33,35)(H2,30,36,37)(H2,31,38,39). The zero-order valence-electron chi connectivity index (χ0n) is 23.1. The molecule has 2 aromatic carbocycles. The first kappa shape index (κ1) is 29.9. The zero-order valence-corrected chi connectivity index (χ0v) is 26.4. The van der Waals surface area contributed by atoms with E-state index in [0.717, 1.165) is 30.4 Å². The number of nitrogens with one attached hydrogen (secondary N) is 2. The highest BCUT2D eigenvalue weighted by molar-refractivity contribution is 8.10. The predicted molar refractivity (Wildman–Crippen MR) is 169 cm³/mol. The number of rotatable bonds is 6. The third-order valence-electron chi connectivity index (χ3n) is 8.31. The number of thioether (sulfide) groups is 2. The molecule has 4 aliphatic rings. The summed E-state index contributed by atoms with van der Waals surface area (Å²) in [6, 6.07) is 11.4. The fourth-order valence-corrected chi connectivity index (χ4v) is 10.0. The number of sulfonamides is 2. The van der Waals surface area contributed by atoms with E-state index in [-0.39, 0.29) is 21.6 Å². The lowest BCUT2D eigenvalue weighted by Gasteiger charge is -2.46. The van der Waals surface area contributed by atoms with Gasteiger partial charge < -0.3 is 10.6 Å². The van der Waals surface area contributed by atoms with Crippen molar-refractivity contribution in [2.45, 2.75) is 52.4 Å². The van der Waals surface area contributed by atoms with Gasteiger partial charge >= 0.3 is 0 Å². The Morgan fingerprint density at radius 2 is 1.02 bits per heavy atom. The van der Waals surface area contributed by atoms with Gasteiger partial charge in [0.25, 0.3) is 11.8 Å². The Bertz CT molecular complexity index is 1800. The van der Waals surface area contributed by atoms with Gasteiger partial charge in [-0.1, -0.05) is 0 Å². The molecule has 0 bridgehead atoms. The minimum atomic E-state index is -3.85. The lowest BCUT2D eigenvalue weighted by molar-refractivity contribution is -0.113. The van der Waals surface area contributed by atoms with Gasteiger partial charge in [-0.05, 0) is 116 Å². The largest absolute Gasteiger partial charge is 0.322 e. The molecular weight excluding hydrogens is 629 g/mol. The second kappa shape index (κ2) is 10.2. The molecule has 6 rings (SSSR count). The molecule has 0 radical (unpaired) electrons.